The Balaban J connectivity index is 1.96. The first-order chi connectivity index (χ1) is 10.1. The lowest BCUT2D eigenvalue weighted by molar-refractivity contribution is 0.0615. The van der Waals surface area contributed by atoms with E-state index in [0.717, 1.165) is 36.1 Å². The molecule has 1 N–H and O–H groups in total. The van der Waals surface area contributed by atoms with Gasteiger partial charge in [0.2, 0.25) is 0 Å². The fourth-order valence-electron chi connectivity index (χ4n) is 3.19. The molecule has 0 bridgehead atoms. The molecule has 0 heterocycles. The van der Waals surface area contributed by atoms with Crippen LogP contribution >= 0.6 is 0 Å². The standard InChI is InChI=1S/C19H22O2/c1-14(2)21-17-11-9-16(10-12-17)19(20)13-5-7-15-6-3-4-8-18(15)19/h3-4,6,8-12,14,20H,5,7,13H2,1-2H3. The van der Waals surface area contributed by atoms with Crippen LogP contribution in [0.3, 0.4) is 0 Å². The number of aryl methyl sites for hydroxylation is 1. The van der Waals surface area contributed by atoms with Crippen molar-refractivity contribution < 1.29 is 9.84 Å². The van der Waals surface area contributed by atoms with E-state index in [4.69, 9.17) is 4.74 Å². The van der Waals surface area contributed by atoms with Crippen LogP contribution in [0.4, 0.5) is 0 Å². The first kappa shape index (κ1) is 14.2. The summed E-state index contributed by atoms with van der Waals surface area (Å²) in [5, 5.41) is 11.2. The molecule has 0 fully saturated rings. The van der Waals surface area contributed by atoms with E-state index in [1.165, 1.54) is 5.56 Å². The zero-order valence-corrected chi connectivity index (χ0v) is 12.7. The topological polar surface area (TPSA) is 29.5 Å². The normalized spacial score (nSPS) is 21.1. The van der Waals surface area contributed by atoms with Crippen LogP contribution in [0.25, 0.3) is 0 Å². The molecule has 0 aromatic heterocycles. The molecule has 110 valence electrons. The summed E-state index contributed by atoms with van der Waals surface area (Å²) in [5.74, 6) is 0.849. The quantitative estimate of drug-likeness (QED) is 0.920. The van der Waals surface area contributed by atoms with Crippen LogP contribution in [0.5, 0.6) is 5.75 Å². The lowest BCUT2D eigenvalue weighted by atomic mass is 9.75. The SMILES string of the molecule is CC(C)Oc1ccc(C2(O)CCCc3ccccc32)cc1. The van der Waals surface area contributed by atoms with E-state index < -0.39 is 5.60 Å². The van der Waals surface area contributed by atoms with Crippen molar-refractivity contribution in [2.45, 2.75) is 44.8 Å². The van der Waals surface area contributed by atoms with Gasteiger partial charge in [0.15, 0.2) is 0 Å². The molecule has 1 aliphatic rings. The molecular weight excluding hydrogens is 260 g/mol. The van der Waals surface area contributed by atoms with Crippen LogP contribution in [0, 0.1) is 0 Å². The summed E-state index contributed by atoms with van der Waals surface area (Å²) in [6, 6.07) is 16.1. The van der Waals surface area contributed by atoms with Gasteiger partial charge in [-0.25, -0.2) is 0 Å². The number of hydrogen-bond acceptors (Lipinski definition) is 2. The first-order valence-corrected chi connectivity index (χ1v) is 7.67. The Kier molecular flexibility index (Phi) is 3.73. The average molecular weight is 282 g/mol. The third kappa shape index (κ3) is 2.68. The Morgan fingerprint density at radius 3 is 2.48 bits per heavy atom. The van der Waals surface area contributed by atoms with Gasteiger partial charge in [-0.2, -0.15) is 0 Å². The van der Waals surface area contributed by atoms with Gasteiger partial charge in [0, 0.05) is 0 Å². The number of rotatable bonds is 3. The fraction of sp³-hybridized carbons (Fsp3) is 0.368. The van der Waals surface area contributed by atoms with E-state index >= 15 is 0 Å². The lowest BCUT2D eigenvalue weighted by Crippen LogP contribution is -2.31. The molecule has 21 heavy (non-hydrogen) atoms. The monoisotopic (exact) mass is 282 g/mol. The average Bonchev–Trinajstić information content (AvgIpc) is 2.48. The molecule has 1 aliphatic carbocycles. The number of aliphatic hydroxyl groups is 1. The minimum Gasteiger partial charge on any atom is -0.491 e. The molecule has 1 unspecified atom stereocenters. The predicted octanol–water partition coefficient (Wildman–Crippen LogP) is 4.05. The van der Waals surface area contributed by atoms with Crippen LogP contribution in [0.2, 0.25) is 0 Å². The number of hydrogen-bond donors (Lipinski definition) is 1. The zero-order chi connectivity index (χ0) is 14.9. The van der Waals surface area contributed by atoms with Gasteiger partial charge >= 0.3 is 0 Å². The highest BCUT2D eigenvalue weighted by Gasteiger charge is 2.35. The van der Waals surface area contributed by atoms with Crippen molar-refractivity contribution in [1.29, 1.82) is 0 Å². The molecular formula is C19H22O2. The third-order valence-corrected chi connectivity index (χ3v) is 4.15. The van der Waals surface area contributed by atoms with Gasteiger partial charge in [-0.1, -0.05) is 36.4 Å². The molecule has 3 rings (SSSR count). The van der Waals surface area contributed by atoms with E-state index in [0.29, 0.717) is 0 Å². The summed E-state index contributed by atoms with van der Waals surface area (Å²) in [6.45, 7) is 4.03. The summed E-state index contributed by atoms with van der Waals surface area (Å²) < 4.78 is 5.68. The third-order valence-electron chi connectivity index (χ3n) is 4.15. The van der Waals surface area contributed by atoms with Gasteiger partial charge in [-0.15, -0.1) is 0 Å². The van der Waals surface area contributed by atoms with Gasteiger partial charge in [0.1, 0.15) is 11.4 Å². The highest BCUT2D eigenvalue weighted by Crippen LogP contribution is 2.40. The molecule has 2 aromatic rings. The lowest BCUT2D eigenvalue weighted by Gasteiger charge is -2.35. The predicted molar refractivity (Wildman–Crippen MR) is 84.6 cm³/mol. The van der Waals surface area contributed by atoms with E-state index in [1.807, 2.05) is 56.3 Å². The Hall–Kier alpha value is -1.80. The summed E-state index contributed by atoms with van der Waals surface area (Å²) in [5.41, 5.74) is 2.39. The van der Waals surface area contributed by atoms with Gasteiger partial charge in [0.05, 0.1) is 6.10 Å². The highest BCUT2D eigenvalue weighted by atomic mass is 16.5. The Bertz CT molecular complexity index is 616. The van der Waals surface area contributed by atoms with Gasteiger partial charge < -0.3 is 9.84 Å². The summed E-state index contributed by atoms with van der Waals surface area (Å²) in [4.78, 5) is 0. The van der Waals surface area contributed by atoms with Crippen molar-refractivity contribution in [3.8, 4) is 5.75 Å². The van der Waals surface area contributed by atoms with Crippen molar-refractivity contribution in [1.82, 2.24) is 0 Å². The summed E-state index contributed by atoms with van der Waals surface area (Å²) in [6.07, 6.45) is 2.99. The number of ether oxygens (including phenoxy) is 1. The molecule has 0 spiro atoms. The van der Waals surface area contributed by atoms with Gasteiger partial charge in [-0.3, -0.25) is 0 Å². The Morgan fingerprint density at radius 1 is 1.05 bits per heavy atom. The van der Waals surface area contributed by atoms with Crippen molar-refractivity contribution in [3.63, 3.8) is 0 Å². The minimum atomic E-state index is -0.870. The first-order valence-electron chi connectivity index (χ1n) is 7.67. The Labute approximate surface area is 126 Å². The smallest absolute Gasteiger partial charge is 0.119 e. The van der Waals surface area contributed by atoms with E-state index in [2.05, 4.69) is 6.07 Å². The van der Waals surface area contributed by atoms with Crippen LogP contribution in [0.15, 0.2) is 48.5 Å². The molecule has 2 heteroatoms. The van der Waals surface area contributed by atoms with Crippen molar-refractivity contribution >= 4 is 0 Å². The minimum absolute atomic E-state index is 0.161. The maximum atomic E-state index is 11.2. The largest absolute Gasteiger partial charge is 0.491 e. The molecule has 2 aromatic carbocycles. The van der Waals surface area contributed by atoms with Crippen molar-refractivity contribution in [2.24, 2.45) is 0 Å². The number of fused-ring (bicyclic) bond motifs is 1. The second kappa shape index (κ2) is 5.53. The van der Waals surface area contributed by atoms with E-state index in [9.17, 15) is 5.11 Å². The molecule has 2 nitrogen and oxygen atoms in total. The molecule has 1 atom stereocenters. The summed E-state index contributed by atoms with van der Waals surface area (Å²) in [7, 11) is 0. The highest BCUT2D eigenvalue weighted by molar-refractivity contribution is 5.44. The maximum Gasteiger partial charge on any atom is 0.119 e. The zero-order valence-electron chi connectivity index (χ0n) is 12.7. The van der Waals surface area contributed by atoms with Crippen molar-refractivity contribution in [3.05, 3.63) is 65.2 Å². The van der Waals surface area contributed by atoms with Crippen molar-refractivity contribution in [2.75, 3.05) is 0 Å². The van der Waals surface area contributed by atoms with E-state index in [1.54, 1.807) is 0 Å². The number of benzene rings is 2. The molecule has 0 amide bonds. The van der Waals surface area contributed by atoms with Crippen LogP contribution in [0.1, 0.15) is 43.4 Å². The fourth-order valence-corrected chi connectivity index (χ4v) is 3.19. The molecule has 0 radical (unpaired) electrons. The van der Waals surface area contributed by atoms with Gasteiger partial charge in [0.25, 0.3) is 0 Å². The summed E-state index contributed by atoms with van der Waals surface area (Å²) >= 11 is 0. The van der Waals surface area contributed by atoms with Crippen LogP contribution in [-0.4, -0.2) is 11.2 Å². The Morgan fingerprint density at radius 2 is 1.76 bits per heavy atom. The molecule has 0 saturated heterocycles. The molecule has 0 saturated carbocycles. The van der Waals surface area contributed by atoms with Crippen LogP contribution in [-0.2, 0) is 12.0 Å². The van der Waals surface area contributed by atoms with Crippen LogP contribution < -0.4 is 4.74 Å². The second-order valence-corrected chi connectivity index (χ2v) is 6.06. The molecule has 0 aliphatic heterocycles. The second-order valence-electron chi connectivity index (χ2n) is 6.06. The maximum absolute atomic E-state index is 11.2. The van der Waals surface area contributed by atoms with E-state index in [-0.39, 0.29) is 6.10 Å². The van der Waals surface area contributed by atoms with Gasteiger partial charge in [-0.05, 0) is 61.9 Å².